The van der Waals surface area contributed by atoms with Crippen molar-refractivity contribution in [3.05, 3.63) is 28.0 Å². The maximum atomic E-state index is 12.0. The molecule has 98 valence electrons. The van der Waals surface area contributed by atoms with Gasteiger partial charge in [0.05, 0.1) is 5.56 Å². The minimum absolute atomic E-state index is 0.141. The standard InChI is InChI=1S/C12H14Cl2N2OS/c1-12(5-2-6-18-12)7-15-11(17)8-3-4-9(13)16-10(8)14/h3-4H,2,5-7H2,1H3,(H,15,17). The van der Waals surface area contributed by atoms with Crippen molar-refractivity contribution in [1.29, 1.82) is 0 Å². The first-order valence-electron chi connectivity index (χ1n) is 5.74. The molecule has 1 aliphatic heterocycles. The van der Waals surface area contributed by atoms with Gasteiger partial charge in [-0.15, -0.1) is 0 Å². The van der Waals surface area contributed by atoms with E-state index in [-0.39, 0.29) is 21.0 Å². The van der Waals surface area contributed by atoms with E-state index in [4.69, 9.17) is 23.2 Å². The molecule has 2 heterocycles. The van der Waals surface area contributed by atoms with E-state index >= 15 is 0 Å². The second-order valence-electron chi connectivity index (χ2n) is 4.56. The Morgan fingerprint density at radius 1 is 1.56 bits per heavy atom. The second kappa shape index (κ2) is 5.68. The Morgan fingerprint density at radius 2 is 2.33 bits per heavy atom. The summed E-state index contributed by atoms with van der Waals surface area (Å²) in [6.45, 7) is 2.82. The van der Waals surface area contributed by atoms with Gasteiger partial charge in [0, 0.05) is 11.3 Å². The molecule has 0 spiro atoms. The topological polar surface area (TPSA) is 42.0 Å². The lowest BCUT2D eigenvalue weighted by Crippen LogP contribution is -2.36. The zero-order chi connectivity index (χ0) is 13.2. The zero-order valence-corrected chi connectivity index (χ0v) is 12.3. The third-order valence-corrected chi connectivity index (χ3v) is 5.02. The number of pyridine rings is 1. The molecule has 1 atom stereocenters. The van der Waals surface area contributed by atoms with Crippen LogP contribution in [0, 0.1) is 0 Å². The maximum absolute atomic E-state index is 12.0. The lowest BCUT2D eigenvalue weighted by atomic mass is 10.1. The van der Waals surface area contributed by atoms with Crippen molar-refractivity contribution < 1.29 is 4.79 Å². The number of halogens is 2. The number of rotatable bonds is 3. The number of thioether (sulfide) groups is 1. The summed E-state index contributed by atoms with van der Waals surface area (Å²) in [5.74, 6) is 0.966. The van der Waals surface area contributed by atoms with Crippen molar-refractivity contribution in [3.8, 4) is 0 Å². The zero-order valence-electron chi connectivity index (χ0n) is 10.0. The third kappa shape index (κ3) is 3.31. The second-order valence-corrected chi connectivity index (χ2v) is 6.98. The molecule has 2 rings (SSSR count). The average molecular weight is 305 g/mol. The summed E-state index contributed by atoms with van der Waals surface area (Å²) < 4.78 is 0.141. The molecule has 1 N–H and O–H groups in total. The third-order valence-electron chi connectivity index (χ3n) is 2.98. The molecule has 3 nitrogen and oxygen atoms in total. The van der Waals surface area contributed by atoms with Crippen LogP contribution in [0.4, 0.5) is 0 Å². The van der Waals surface area contributed by atoms with Crippen molar-refractivity contribution in [2.24, 2.45) is 0 Å². The van der Waals surface area contributed by atoms with Gasteiger partial charge in [0.15, 0.2) is 0 Å². The van der Waals surface area contributed by atoms with Crippen molar-refractivity contribution in [1.82, 2.24) is 10.3 Å². The van der Waals surface area contributed by atoms with Crippen LogP contribution in [0.1, 0.15) is 30.1 Å². The first-order valence-corrected chi connectivity index (χ1v) is 7.48. The summed E-state index contributed by atoms with van der Waals surface area (Å²) in [6.07, 6.45) is 2.34. The molecule has 0 aromatic carbocycles. The number of carbonyl (C=O) groups excluding carboxylic acids is 1. The van der Waals surface area contributed by atoms with Crippen LogP contribution in [-0.2, 0) is 0 Å². The quantitative estimate of drug-likeness (QED) is 0.870. The van der Waals surface area contributed by atoms with Crippen LogP contribution in [0.2, 0.25) is 10.3 Å². The minimum Gasteiger partial charge on any atom is -0.351 e. The van der Waals surface area contributed by atoms with Crippen molar-refractivity contribution in [3.63, 3.8) is 0 Å². The van der Waals surface area contributed by atoms with E-state index in [0.29, 0.717) is 12.1 Å². The molecule has 1 aromatic rings. The van der Waals surface area contributed by atoms with Gasteiger partial charge in [-0.05, 0) is 37.7 Å². The van der Waals surface area contributed by atoms with Gasteiger partial charge in [0.25, 0.3) is 5.91 Å². The number of hydrogen-bond donors (Lipinski definition) is 1. The minimum atomic E-state index is -0.196. The SMILES string of the molecule is CC1(CNC(=O)c2ccc(Cl)nc2Cl)CCCS1. The maximum Gasteiger partial charge on any atom is 0.254 e. The number of nitrogens with one attached hydrogen (secondary N) is 1. The predicted molar refractivity (Wildman–Crippen MR) is 76.7 cm³/mol. The molecule has 1 aliphatic rings. The molecular weight excluding hydrogens is 291 g/mol. The molecule has 1 aromatic heterocycles. The summed E-state index contributed by atoms with van der Waals surface area (Å²) in [5, 5.41) is 3.34. The lowest BCUT2D eigenvalue weighted by molar-refractivity contribution is 0.0950. The fourth-order valence-corrected chi connectivity index (χ4v) is 3.60. The monoisotopic (exact) mass is 304 g/mol. The number of hydrogen-bond acceptors (Lipinski definition) is 3. The highest BCUT2D eigenvalue weighted by Gasteiger charge is 2.30. The van der Waals surface area contributed by atoms with Gasteiger partial charge in [0.2, 0.25) is 0 Å². The summed E-state index contributed by atoms with van der Waals surface area (Å²) >= 11 is 13.5. The highest BCUT2D eigenvalue weighted by atomic mass is 35.5. The van der Waals surface area contributed by atoms with Crippen LogP contribution in [-0.4, -0.2) is 27.9 Å². The highest BCUT2D eigenvalue weighted by Crippen LogP contribution is 2.37. The first-order chi connectivity index (χ1) is 8.50. The van der Waals surface area contributed by atoms with Crippen LogP contribution in [0.25, 0.3) is 0 Å². The van der Waals surface area contributed by atoms with Crippen LogP contribution in [0.15, 0.2) is 12.1 Å². The van der Waals surface area contributed by atoms with Gasteiger partial charge >= 0.3 is 0 Å². The number of carbonyl (C=O) groups is 1. The summed E-state index contributed by atoms with van der Waals surface area (Å²) in [6, 6.07) is 3.16. The summed E-state index contributed by atoms with van der Waals surface area (Å²) in [7, 11) is 0. The van der Waals surface area contributed by atoms with Crippen LogP contribution >= 0.6 is 35.0 Å². The Morgan fingerprint density at radius 3 is 2.94 bits per heavy atom. The molecule has 1 amide bonds. The van der Waals surface area contributed by atoms with E-state index in [0.717, 1.165) is 12.2 Å². The molecule has 0 aliphatic carbocycles. The van der Waals surface area contributed by atoms with E-state index in [1.807, 2.05) is 11.8 Å². The summed E-state index contributed by atoms with van der Waals surface area (Å²) in [4.78, 5) is 15.8. The van der Waals surface area contributed by atoms with Gasteiger partial charge < -0.3 is 5.32 Å². The highest BCUT2D eigenvalue weighted by molar-refractivity contribution is 8.00. The Bertz CT molecular complexity index is 461. The van der Waals surface area contributed by atoms with E-state index in [1.54, 1.807) is 12.1 Å². The van der Waals surface area contributed by atoms with Crippen LogP contribution in [0.3, 0.4) is 0 Å². The van der Waals surface area contributed by atoms with Gasteiger partial charge in [-0.1, -0.05) is 23.2 Å². The van der Waals surface area contributed by atoms with Crippen LogP contribution < -0.4 is 5.32 Å². The molecule has 1 saturated heterocycles. The van der Waals surface area contributed by atoms with E-state index in [9.17, 15) is 4.79 Å². The molecular formula is C12H14Cl2N2OS. The van der Waals surface area contributed by atoms with Gasteiger partial charge in [-0.25, -0.2) is 4.98 Å². The van der Waals surface area contributed by atoms with E-state index in [2.05, 4.69) is 17.2 Å². The van der Waals surface area contributed by atoms with Crippen LogP contribution in [0.5, 0.6) is 0 Å². The number of aromatic nitrogens is 1. The molecule has 0 radical (unpaired) electrons. The van der Waals surface area contributed by atoms with E-state index < -0.39 is 0 Å². The Hall–Kier alpha value is -0.450. The average Bonchev–Trinajstić information content (AvgIpc) is 2.74. The first kappa shape index (κ1) is 14.0. The number of amides is 1. The lowest BCUT2D eigenvalue weighted by Gasteiger charge is -2.22. The fourth-order valence-electron chi connectivity index (χ4n) is 1.92. The molecule has 1 fully saturated rings. The predicted octanol–water partition coefficient (Wildman–Crippen LogP) is 3.40. The normalized spacial score (nSPS) is 23.1. The summed E-state index contributed by atoms with van der Waals surface area (Å²) in [5.41, 5.74) is 0.368. The molecule has 0 saturated carbocycles. The Balaban J connectivity index is 1.99. The van der Waals surface area contributed by atoms with Crippen molar-refractivity contribution >= 4 is 40.9 Å². The smallest absolute Gasteiger partial charge is 0.254 e. The van der Waals surface area contributed by atoms with Gasteiger partial charge in [-0.2, -0.15) is 11.8 Å². The largest absolute Gasteiger partial charge is 0.351 e. The Kier molecular flexibility index (Phi) is 4.41. The van der Waals surface area contributed by atoms with E-state index in [1.165, 1.54) is 6.42 Å². The molecule has 18 heavy (non-hydrogen) atoms. The molecule has 6 heteroatoms. The van der Waals surface area contributed by atoms with Crippen molar-refractivity contribution in [2.45, 2.75) is 24.5 Å². The van der Waals surface area contributed by atoms with Gasteiger partial charge in [-0.3, -0.25) is 4.79 Å². The Labute approximate surface area is 121 Å². The van der Waals surface area contributed by atoms with Gasteiger partial charge in [0.1, 0.15) is 10.3 Å². The fraction of sp³-hybridized carbons (Fsp3) is 0.500. The molecule has 0 bridgehead atoms. The van der Waals surface area contributed by atoms with Crippen molar-refractivity contribution in [2.75, 3.05) is 12.3 Å². The number of nitrogens with zero attached hydrogens (tertiary/aromatic N) is 1. The molecule has 1 unspecified atom stereocenters.